The second kappa shape index (κ2) is 6.07. The molecule has 0 saturated carbocycles. The standard InChI is InChI=1S/C13H17BrClNO/c1-2-9-7-10(14)8-12(15)13(9)16-11-3-5-17-6-4-11/h7-8,11,16H,2-6H2,1H3. The molecule has 94 valence electrons. The van der Waals surface area contributed by atoms with Gasteiger partial charge in [-0.05, 0) is 37.0 Å². The smallest absolute Gasteiger partial charge is 0.0651 e. The van der Waals surface area contributed by atoms with Crippen molar-refractivity contribution in [2.75, 3.05) is 18.5 Å². The third-order valence-electron chi connectivity index (χ3n) is 3.09. The molecule has 1 aromatic rings. The molecule has 1 saturated heterocycles. The second-order valence-electron chi connectivity index (χ2n) is 4.31. The van der Waals surface area contributed by atoms with Crippen LogP contribution < -0.4 is 5.32 Å². The van der Waals surface area contributed by atoms with Gasteiger partial charge in [0.1, 0.15) is 0 Å². The first-order valence-corrected chi connectivity index (χ1v) is 7.20. The van der Waals surface area contributed by atoms with Gasteiger partial charge in [0.25, 0.3) is 0 Å². The monoisotopic (exact) mass is 317 g/mol. The van der Waals surface area contributed by atoms with Crippen LogP contribution in [0.2, 0.25) is 5.02 Å². The van der Waals surface area contributed by atoms with Crippen LogP contribution in [0.5, 0.6) is 0 Å². The fourth-order valence-corrected chi connectivity index (χ4v) is 3.04. The van der Waals surface area contributed by atoms with Crippen molar-refractivity contribution in [2.24, 2.45) is 0 Å². The topological polar surface area (TPSA) is 21.3 Å². The van der Waals surface area contributed by atoms with E-state index in [4.69, 9.17) is 16.3 Å². The van der Waals surface area contributed by atoms with Gasteiger partial charge in [-0.2, -0.15) is 0 Å². The summed E-state index contributed by atoms with van der Waals surface area (Å²) < 4.78 is 6.40. The van der Waals surface area contributed by atoms with Crippen LogP contribution in [0.15, 0.2) is 16.6 Å². The minimum absolute atomic E-state index is 0.479. The van der Waals surface area contributed by atoms with Crippen molar-refractivity contribution < 1.29 is 4.74 Å². The molecule has 0 radical (unpaired) electrons. The highest BCUT2D eigenvalue weighted by molar-refractivity contribution is 9.10. The molecule has 0 amide bonds. The van der Waals surface area contributed by atoms with Gasteiger partial charge >= 0.3 is 0 Å². The normalized spacial score (nSPS) is 17.1. The molecular formula is C13H17BrClNO. The lowest BCUT2D eigenvalue weighted by Crippen LogP contribution is -2.28. The first kappa shape index (κ1) is 13.2. The van der Waals surface area contributed by atoms with Crippen LogP contribution in [0.1, 0.15) is 25.3 Å². The van der Waals surface area contributed by atoms with Crippen molar-refractivity contribution in [3.8, 4) is 0 Å². The van der Waals surface area contributed by atoms with Gasteiger partial charge in [-0.3, -0.25) is 0 Å². The zero-order valence-electron chi connectivity index (χ0n) is 9.93. The van der Waals surface area contributed by atoms with E-state index in [2.05, 4.69) is 34.2 Å². The van der Waals surface area contributed by atoms with Crippen LogP contribution in [-0.4, -0.2) is 19.3 Å². The molecule has 1 fully saturated rings. The van der Waals surface area contributed by atoms with E-state index in [-0.39, 0.29) is 0 Å². The van der Waals surface area contributed by atoms with Crippen LogP contribution in [0.3, 0.4) is 0 Å². The minimum atomic E-state index is 0.479. The van der Waals surface area contributed by atoms with Crippen molar-refractivity contribution in [2.45, 2.75) is 32.2 Å². The third-order valence-corrected chi connectivity index (χ3v) is 3.84. The van der Waals surface area contributed by atoms with Crippen LogP contribution >= 0.6 is 27.5 Å². The van der Waals surface area contributed by atoms with Crippen molar-refractivity contribution in [3.63, 3.8) is 0 Å². The molecule has 1 aromatic carbocycles. The number of nitrogens with one attached hydrogen (secondary N) is 1. The van der Waals surface area contributed by atoms with Gasteiger partial charge in [-0.1, -0.05) is 34.5 Å². The Morgan fingerprint density at radius 3 is 2.76 bits per heavy atom. The van der Waals surface area contributed by atoms with Crippen LogP contribution in [0.25, 0.3) is 0 Å². The van der Waals surface area contributed by atoms with Gasteiger partial charge in [-0.15, -0.1) is 0 Å². The molecule has 0 aromatic heterocycles. The summed E-state index contributed by atoms with van der Waals surface area (Å²) in [5.41, 5.74) is 2.35. The Kier molecular flexibility index (Phi) is 4.71. The summed E-state index contributed by atoms with van der Waals surface area (Å²) in [6.45, 7) is 3.83. The van der Waals surface area contributed by atoms with Crippen LogP contribution in [-0.2, 0) is 11.2 Å². The van der Waals surface area contributed by atoms with E-state index in [0.29, 0.717) is 6.04 Å². The van der Waals surface area contributed by atoms with Gasteiger partial charge in [0.15, 0.2) is 0 Å². The molecule has 4 heteroatoms. The largest absolute Gasteiger partial charge is 0.381 e. The molecule has 0 aliphatic carbocycles. The number of hydrogen-bond acceptors (Lipinski definition) is 2. The highest BCUT2D eigenvalue weighted by Crippen LogP contribution is 2.32. The molecule has 0 atom stereocenters. The summed E-state index contributed by atoms with van der Waals surface area (Å²) in [7, 11) is 0. The lowest BCUT2D eigenvalue weighted by molar-refractivity contribution is 0.0904. The average Bonchev–Trinajstić information content (AvgIpc) is 2.33. The molecule has 1 N–H and O–H groups in total. The van der Waals surface area contributed by atoms with E-state index in [0.717, 1.165) is 47.7 Å². The number of ether oxygens (including phenoxy) is 1. The highest BCUT2D eigenvalue weighted by Gasteiger charge is 2.16. The van der Waals surface area contributed by atoms with Gasteiger partial charge in [0, 0.05) is 23.7 Å². The number of aryl methyl sites for hydroxylation is 1. The third kappa shape index (κ3) is 3.36. The number of hydrogen-bond donors (Lipinski definition) is 1. The molecule has 1 heterocycles. The van der Waals surface area contributed by atoms with Crippen LogP contribution in [0.4, 0.5) is 5.69 Å². The van der Waals surface area contributed by atoms with Crippen molar-refractivity contribution in [1.82, 2.24) is 0 Å². The van der Waals surface area contributed by atoms with Crippen molar-refractivity contribution in [3.05, 3.63) is 27.2 Å². The Bertz CT molecular complexity index is 391. The van der Waals surface area contributed by atoms with E-state index in [1.807, 2.05) is 6.07 Å². The zero-order chi connectivity index (χ0) is 12.3. The number of anilines is 1. The number of benzene rings is 1. The van der Waals surface area contributed by atoms with Crippen LogP contribution in [0, 0.1) is 0 Å². The number of rotatable bonds is 3. The van der Waals surface area contributed by atoms with Gasteiger partial charge in [-0.25, -0.2) is 0 Å². The fraction of sp³-hybridized carbons (Fsp3) is 0.538. The van der Waals surface area contributed by atoms with Gasteiger partial charge in [0.2, 0.25) is 0 Å². The van der Waals surface area contributed by atoms with Crippen molar-refractivity contribution >= 4 is 33.2 Å². The maximum Gasteiger partial charge on any atom is 0.0651 e. The Hall–Kier alpha value is -0.250. The lowest BCUT2D eigenvalue weighted by Gasteiger charge is -2.26. The van der Waals surface area contributed by atoms with E-state index in [1.54, 1.807) is 0 Å². The molecule has 0 bridgehead atoms. The summed E-state index contributed by atoms with van der Waals surface area (Å²) in [5, 5.41) is 4.36. The SMILES string of the molecule is CCc1cc(Br)cc(Cl)c1NC1CCOCC1. The fourth-order valence-electron chi connectivity index (χ4n) is 2.11. The highest BCUT2D eigenvalue weighted by atomic mass is 79.9. The molecule has 0 spiro atoms. The average molecular weight is 319 g/mol. The molecule has 17 heavy (non-hydrogen) atoms. The maximum absolute atomic E-state index is 6.31. The minimum Gasteiger partial charge on any atom is -0.381 e. The second-order valence-corrected chi connectivity index (χ2v) is 5.63. The Balaban J connectivity index is 2.18. The number of halogens is 2. The van der Waals surface area contributed by atoms with E-state index in [9.17, 15) is 0 Å². The summed E-state index contributed by atoms with van der Waals surface area (Å²) in [6.07, 6.45) is 3.08. The molecule has 2 rings (SSSR count). The summed E-state index contributed by atoms with van der Waals surface area (Å²) in [5.74, 6) is 0. The molecular weight excluding hydrogens is 302 g/mol. The first-order valence-electron chi connectivity index (χ1n) is 6.03. The maximum atomic E-state index is 6.31. The molecule has 0 unspecified atom stereocenters. The Morgan fingerprint density at radius 2 is 2.12 bits per heavy atom. The van der Waals surface area contributed by atoms with E-state index in [1.165, 1.54) is 5.56 Å². The summed E-state index contributed by atoms with van der Waals surface area (Å²) >= 11 is 9.79. The van der Waals surface area contributed by atoms with Gasteiger partial charge in [0.05, 0.1) is 10.7 Å². The molecule has 2 nitrogen and oxygen atoms in total. The van der Waals surface area contributed by atoms with Crippen molar-refractivity contribution in [1.29, 1.82) is 0 Å². The van der Waals surface area contributed by atoms with Gasteiger partial charge < -0.3 is 10.1 Å². The van der Waals surface area contributed by atoms with E-state index < -0.39 is 0 Å². The summed E-state index contributed by atoms with van der Waals surface area (Å²) in [4.78, 5) is 0. The predicted octanol–water partition coefficient (Wildman–Crippen LogP) is 4.26. The first-order chi connectivity index (χ1) is 8.20. The quantitative estimate of drug-likeness (QED) is 0.899. The zero-order valence-corrected chi connectivity index (χ0v) is 12.3. The molecule has 1 aliphatic rings. The summed E-state index contributed by atoms with van der Waals surface area (Å²) in [6, 6.07) is 4.56. The predicted molar refractivity (Wildman–Crippen MR) is 76.0 cm³/mol. The van der Waals surface area contributed by atoms with E-state index >= 15 is 0 Å². The lowest BCUT2D eigenvalue weighted by atomic mass is 10.1. The Morgan fingerprint density at radius 1 is 1.41 bits per heavy atom. The Labute approximate surface area is 116 Å². The molecule has 1 aliphatic heterocycles.